The van der Waals surface area contributed by atoms with Crippen LogP contribution in [0.2, 0.25) is 6.04 Å². The molecular formula is C10H20O5Si. The highest BCUT2D eigenvalue weighted by molar-refractivity contribution is 6.60. The maximum absolute atomic E-state index is 10.8. The minimum absolute atomic E-state index is 0.175. The van der Waals surface area contributed by atoms with Crippen LogP contribution in [0.5, 0.6) is 0 Å². The van der Waals surface area contributed by atoms with Gasteiger partial charge in [-0.05, 0) is 5.92 Å². The van der Waals surface area contributed by atoms with Crippen molar-refractivity contribution in [3.05, 3.63) is 12.7 Å². The molecule has 16 heavy (non-hydrogen) atoms. The number of esters is 1. The molecule has 0 saturated heterocycles. The lowest BCUT2D eigenvalue weighted by atomic mass is 10.3. The first-order valence-corrected chi connectivity index (χ1v) is 6.96. The molecule has 0 aromatic heterocycles. The lowest BCUT2D eigenvalue weighted by Gasteiger charge is -2.27. The highest BCUT2D eigenvalue weighted by Crippen LogP contribution is 2.19. The quantitative estimate of drug-likeness (QED) is 0.282. The van der Waals surface area contributed by atoms with Crippen molar-refractivity contribution in [1.82, 2.24) is 0 Å². The van der Waals surface area contributed by atoms with E-state index >= 15 is 0 Å². The van der Waals surface area contributed by atoms with Gasteiger partial charge in [0.2, 0.25) is 0 Å². The molecule has 0 aliphatic rings. The monoisotopic (exact) mass is 248 g/mol. The van der Waals surface area contributed by atoms with Crippen molar-refractivity contribution >= 4 is 14.8 Å². The van der Waals surface area contributed by atoms with Gasteiger partial charge in [0.15, 0.2) is 6.79 Å². The Morgan fingerprint density at radius 1 is 1.38 bits per heavy atom. The summed E-state index contributed by atoms with van der Waals surface area (Å²) in [6.07, 6.45) is 1.08. The fraction of sp³-hybridized carbons (Fsp3) is 0.700. The first-order chi connectivity index (χ1) is 7.49. The Balaban J connectivity index is 4.21. The van der Waals surface area contributed by atoms with Crippen LogP contribution in [0, 0.1) is 5.92 Å². The standard InChI is InChI=1S/C10H20O5Si/c1-6-10(11)14-8-15-16(12-4,13-5)7-9(2)3/h6,9H,1,7-8H2,2-5H3. The molecule has 0 aromatic carbocycles. The van der Waals surface area contributed by atoms with Crippen LogP contribution < -0.4 is 0 Å². The summed E-state index contributed by atoms with van der Waals surface area (Å²) in [5.74, 6) is -0.152. The Bertz CT molecular complexity index is 225. The molecule has 0 fully saturated rings. The van der Waals surface area contributed by atoms with E-state index in [1.165, 1.54) is 14.2 Å². The van der Waals surface area contributed by atoms with Gasteiger partial charge in [-0.25, -0.2) is 4.79 Å². The van der Waals surface area contributed by atoms with Gasteiger partial charge in [0.05, 0.1) is 0 Å². The summed E-state index contributed by atoms with van der Waals surface area (Å²) in [6, 6.07) is 0.672. The van der Waals surface area contributed by atoms with E-state index in [0.29, 0.717) is 12.0 Å². The summed E-state index contributed by atoms with van der Waals surface area (Å²) in [6.45, 7) is 7.19. The Morgan fingerprint density at radius 2 is 1.94 bits per heavy atom. The Hall–Kier alpha value is -0.693. The van der Waals surface area contributed by atoms with Gasteiger partial charge in [-0.3, -0.25) is 0 Å². The van der Waals surface area contributed by atoms with E-state index in [9.17, 15) is 4.79 Å². The number of carbonyl (C=O) groups excluding carboxylic acids is 1. The molecule has 0 amide bonds. The fourth-order valence-corrected chi connectivity index (χ4v) is 3.26. The van der Waals surface area contributed by atoms with E-state index in [2.05, 4.69) is 6.58 Å². The van der Waals surface area contributed by atoms with Crippen LogP contribution in [-0.4, -0.2) is 35.8 Å². The highest BCUT2D eigenvalue weighted by atomic mass is 28.4. The lowest BCUT2D eigenvalue weighted by Crippen LogP contribution is -2.45. The minimum atomic E-state index is -2.70. The number of hydrogen-bond donors (Lipinski definition) is 0. The second-order valence-electron chi connectivity index (χ2n) is 3.62. The van der Waals surface area contributed by atoms with E-state index in [0.717, 1.165) is 6.08 Å². The van der Waals surface area contributed by atoms with Gasteiger partial charge in [-0.2, -0.15) is 0 Å². The van der Waals surface area contributed by atoms with E-state index in [-0.39, 0.29) is 6.79 Å². The molecule has 5 nitrogen and oxygen atoms in total. The topological polar surface area (TPSA) is 54.0 Å². The zero-order chi connectivity index (χ0) is 12.6. The summed E-state index contributed by atoms with van der Waals surface area (Å²) < 4.78 is 20.7. The second-order valence-corrected chi connectivity index (χ2v) is 6.50. The fourth-order valence-electron chi connectivity index (χ4n) is 1.16. The van der Waals surface area contributed by atoms with Crippen molar-refractivity contribution < 1.29 is 22.8 Å². The van der Waals surface area contributed by atoms with Gasteiger partial charge in [0.25, 0.3) is 0 Å². The third-order valence-electron chi connectivity index (χ3n) is 1.93. The van der Waals surface area contributed by atoms with Gasteiger partial charge in [-0.1, -0.05) is 20.4 Å². The Kier molecular flexibility index (Phi) is 7.23. The summed E-state index contributed by atoms with van der Waals surface area (Å²) in [5.41, 5.74) is 0. The summed E-state index contributed by atoms with van der Waals surface area (Å²) in [7, 11) is 0.373. The summed E-state index contributed by atoms with van der Waals surface area (Å²) >= 11 is 0. The van der Waals surface area contributed by atoms with Crippen molar-refractivity contribution in [3.8, 4) is 0 Å². The van der Waals surface area contributed by atoms with Crippen molar-refractivity contribution in [2.45, 2.75) is 19.9 Å². The zero-order valence-electron chi connectivity index (χ0n) is 10.3. The summed E-state index contributed by atoms with van der Waals surface area (Å²) in [5, 5.41) is 0. The molecule has 94 valence electrons. The van der Waals surface area contributed by atoms with E-state index in [1.54, 1.807) is 0 Å². The third kappa shape index (κ3) is 5.41. The van der Waals surface area contributed by atoms with Crippen LogP contribution >= 0.6 is 0 Å². The first-order valence-electron chi connectivity index (χ1n) is 5.03. The van der Waals surface area contributed by atoms with Crippen LogP contribution in [-0.2, 0) is 22.8 Å². The molecule has 0 aliphatic carbocycles. The molecule has 0 radical (unpaired) electrons. The second kappa shape index (κ2) is 7.56. The van der Waals surface area contributed by atoms with Gasteiger partial charge < -0.3 is 18.0 Å². The number of ether oxygens (including phenoxy) is 1. The number of rotatable bonds is 8. The predicted octanol–water partition coefficient (Wildman–Crippen LogP) is 1.58. The van der Waals surface area contributed by atoms with Crippen LogP contribution in [0.3, 0.4) is 0 Å². The van der Waals surface area contributed by atoms with Crippen LogP contribution in [0.15, 0.2) is 12.7 Å². The zero-order valence-corrected chi connectivity index (χ0v) is 11.3. The third-order valence-corrected chi connectivity index (χ3v) is 5.05. The first kappa shape index (κ1) is 15.3. The maximum atomic E-state index is 10.8. The largest absolute Gasteiger partial charge is 0.503 e. The van der Waals surface area contributed by atoms with Crippen LogP contribution in [0.1, 0.15) is 13.8 Å². The van der Waals surface area contributed by atoms with Crippen molar-refractivity contribution in [1.29, 1.82) is 0 Å². The molecule has 0 saturated carbocycles. The number of hydrogen-bond acceptors (Lipinski definition) is 5. The van der Waals surface area contributed by atoms with Crippen molar-refractivity contribution in [2.24, 2.45) is 5.92 Å². The van der Waals surface area contributed by atoms with Gasteiger partial charge in [-0.15, -0.1) is 0 Å². The Labute approximate surface area is 97.7 Å². The number of carbonyl (C=O) groups is 1. The molecular weight excluding hydrogens is 228 g/mol. The minimum Gasteiger partial charge on any atom is -0.436 e. The van der Waals surface area contributed by atoms with E-state index in [1.807, 2.05) is 13.8 Å². The molecule has 0 rings (SSSR count). The molecule has 0 aliphatic heterocycles. The lowest BCUT2D eigenvalue weighted by molar-refractivity contribution is -0.146. The molecule has 0 N–H and O–H groups in total. The van der Waals surface area contributed by atoms with Gasteiger partial charge in [0, 0.05) is 26.3 Å². The molecule has 0 spiro atoms. The molecule has 6 heteroatoms. The molecule has 0 atom stereocenters. The predicted molar refractivity (Wildman–Crippen MR) is 61.7 cm³/mol. The van der Waals surface area contributed by atoms with Gasteiger partial charge in [0.1, 0.15) is 0 Å². The highest BCUT2D eigenvalue weighted by Gasteiger charge is 2.40. The average Bonchev–Trinajstić information content (AvgIpc) is 2.26. The molecule has 0 unspecified atom stereocenters. The summed E-state index contributed by atoms with van der Waals surface area (Å²) in [4.78, 5) is 10.8. The normalized spacial score (nSPS) is 11.6. The molecule has 0 heterocycles. The van der Waals surface area contributed by atoms with E-state index in [4.69, 9.17) is 18.0 Å². The smallest absolute Gasteiger partial charge is 0.436 e. The average molecular weight is 248 g/mol. The van der Waals surface area contributed by atoms with Crippen LogP contribution in [0.25, 0.3) is 0 Å². The van der Waals surface area contributed by atoms with E-state index < -0.39 is 14.8 Å². The Morgan fingerprint density at radius 3 is 2.31 bits per heavy atom. The van der Waals surface area contributed by atoms with Crippen molar-refractivity contribution in [3.63, 3.8) is 0 Å². The van der Waals surface area contributed by atoms with Crippen molar-refractivity contribution in [2.75, 3.05) is 21.0 Å². The van der Waals surface area contributed by atoms with Gasteiger partial charge >= 0.3 is 14.8 Å². The van der Waals surface area contributed by atoms with Crippen LogP contribution in [0.4, 0.5) is 0 Å². The molecule has 0 bridgehead atoms. The maximum Gasteiger partial charge on any atom is 0.503 e. The SMILES string of the molecule is C=CC(=O)OCO[Si](CC(C)C)(OC)OC. The molecule has 0 aromatic rings.